The molecule has 19 heavy (non-hydrogen) atoms. The number of nitrogens with one attached hydrogen (secondary N) is 1. The molecule has 2 heterocycles. The molecule has 2 aliphatic heterocycles. The van der Waals surface area contributed by atoms with Crippen molar-refractivity contribution < 1.29 is 0 Å². The first-order chi connectivity index (χ1) is 9.38. The molecule has 2 saturated heterocycles. The fourth-order valence-corrected chi connectivity index (χ4v) is 4.93. The van der Waals surface area contributed by atoms with Gasteiger partial charge in [-0.05, 0) is 63.5 Å². The van der Waals surface area contributed by atoms with Crippen molar-refractivity contribution in [2.24, 2.45) is 11.8 Å². The number of rotatable bonds is 3. The summed E-state index contributed by atoms with van der Waals surface area (Å²) in [6, 6.07) is 1.76. The topological polar surface area (TPSA) is 15.3 Å². The van der Waals surface area contributed by atoms with E-state index < -0.39 is 0 Å². The van der Waals surface area contributed by atoms with Crippen LogP contribution in [0.2, 0.25) is 0 Å². The van der Waals surface area contributed by atoms with E-state index in [4.69, 9.17) is 0 Å². The Labute approximate surface area is 119 Å². The summed E-state index contributed by atoms with van der Waals surface area (Å²) in [7, 11) is 0. The smallest absolute Gasteiger partial charge is 0.0123 e. The minimum Gasteiger partial charge on any atom is -0.314 e. The molecule has 2 nitrogen and oxygen atoms in total. The highest BCUT2D eigenvalue weighted by Gasteiger charge is 2.35. The van der Waals surface area contributed by atoms with Gasteiger partial charge in [-0.3, -0.25) is 4.90 Å². The number of likely N-dealkylation sites (tertiary alicyclic amines) is 1. The van der Waals surface area contributed by atoms with Crippen LogP contribution in [0, 0.1) is 11.8 Å². The molecule has 3 rings (SSSR count). The van der Waals surface area contributed by atoms with Crippen LogP contribution in [0.4, 0.5) is 0 Å². The van der Waals surface area contributed by atoms with Crippen LogP contribution in [0.1, 0.15) is 64.7 Å². The fraction of sp³-hybridized carbons (Fsp3) is 1.00. The van der Waals surface area contributed by atoms with Gasteiger partial charge in [0.1, 0.15) is 0 Å². The molecule has 0 radical (unpaired) electrons. The molecule has 0 bridgehead atoms. The fourth-order valence-electron chi connectivity index (χ4n) is 4.93. The Bertz CT molecular complexity index is 272. The average Bonchev–Trinajstić information content (AvgIpc) is 3.01. The number of nitrogens with zero attached hydrogens (tertiary/aromatic N) is 1. The Hall–Kier alpha value is -0.0800. The molecule has 3 aliphatic rings. The van der Waals surface area contributed by atoms with E-state index in [1.54, 1.807) is 0 Å². The second-order valence-electron chi connectivity index (χ2n) is 7.12. The van der Waals surface area contributed by atoms with Gasteiger partial charge in [-0.1, -0.05) is 26.2 Å². The van der Waals surface area contributed by atoms with Crippen LogP contribution in [0.15, 0.2) is 0 Å². The van der Waals surface area contributed by atoms with Crippen LogP contribution in [-0.2, 0) is 0 Å². The monoisotopic (exact) mass is 264 g/mol. The standard InChI is InChI=1S/C17H32N2/c1-2-14-7-3-4-10-17(14)19-12-6-8-15(13-19)16-9-5-11-18-16/h14-18H,2-13H2,1H3. The van der Waals surface area contributed by atoms with Gasteiger partial charge >= 0.3 is 0 Å². The molecule has 1 saturated carbocycles. The van der Waals surface area contributed by atoms with Crippen molar-refractivity contribution in [1.29, 1.82) is 0 Å². The molecule has 2 heteroatoms. The lowest BCUT2D eigenvalue weighted by Crippen LogP contribution is -2.50. The quantitative estimate of drug-likeness (QED) is 0.840. The van der Waals surface area contributed by atoms with E-state index in [0.29, 0.717) is 0 Å². The molecule has 3 fully saturated rings. The van der Waals surface area contributed by atoms with E-state index in [9.17, 15) is 0 Å². The molecule has 0 aromatic heterocycles. The first kappa shape index (κ1) is 13.9. The van der Waals surface area contributed by atoms with Gasteiger partial charge in [0, 0.05) is 18.6 Å². The van der Waals surface area contributed by atoms with E-state index >= 15 is 0 Å². The van der Waals surface area contributed by atoms with Crippen LogP contribution in [0.5, 0.6) is 0 Å². The van der Waals surface area contributed by atoms with Gasteiger partial charge < -0.3 is 5.32 Å². The Morgan fingerprint density at radius 3 is 2.68 bits per heavy atom. The summed E-state index contributed by atoms with van der Waals surface area (Å²) >= 11 is 0. The minimum atomic E-state index is 0.839. The highest BCUT2D eigenvalue weighted by atomic mass is 15.2. The highest BCUT2D eigenvalue weighted by Crippen LogP contribution is 2.34. The van der Waals surface area contributed by atoms with Crippen LogP contribution in [-0.4, -0.2) is 36.6 Å². The third-order valence-corrected chi connectivity index (χ3v) is 6.02. The zero-order valence-electron chi connectivity index (χ0n) is 12.7. The Kier molecular flexibility index (Phi) is 4.81. The molecular weight excluding hydrogens is 232 g/mol. The summed E-state index contributed by atoms with van der Waals surface area (Å²) in [5, 5.41) is 3.75. The number of piperidine rings is 1. The van der Waals surface area contributed by atoms with E-state index in [2.05, 4.69) is 17.1 Å². The van der Waals surface area contributed by atoms with Gasteiger partial charge in [0.25, 0.3) is 0 Å². The summed E-state index contributed by atoms with van der Waals surface area (Å²) in [4.78, 5) is 2.89. The van der Waals surface area contributed by atoms with Crippen molar-refractivity contribution in [2.45, 2.75) is 76.8 Å². The molecule has 1 N–H and O–H groups in total. The molecule has 4 atom stereocenters. The van der Waals surface area contributed by atoms with Crippen molar-refractivity contribution in [2.75, 3.05) is 19.6 Å². The van der Waals surface area contributed by atoms with Crippen molar-refractivity contribution in [3.8, 4) is 0 Å². The molecule has 110 valence electrons. The Morgan fingerprint density at radius 1 is 1.00 bits per heavy atom. The van der Waals surface area contributed by atoms with Crippen molar-refractivity contribution >= 4 is 0 Å². The minimum absolute atomic E-state index is 0.839. The predicted molar refractivity (Wildman–Crippen MR) is 81.4 cm³/mol. The largest absolute Gasteiger partial charge is 0.314 e. The summed E-state index contributed by atoms with van der Waals surface area (Å²) in [6.45, 7) is 6.44. The maximum absolute atomic E-state index is 3.75. The van der Waals surface area contributed by atoms with Gasteiger partial charge in [0.15, 0.2) is 0 Å². The van der Waals surface area contributed by atoms with Crippen molar-refractivity contribution in [1.82, 2.24) is 10.2 Å². The number of hydrogen-bond acceptors (Lipinski definition) is 2. The summed E-state index contributed by atoms with van der Waals surface area (Å²) < 4.78 is 0. The first-order valence-electron chi connectivity index (χ1n) is 8.86. The summed E-state index contributed by atoms with van der Waals surface area (Å²) in [5.74, 6) is 1.93. The van der Waals surface area contributed by atoms with Gasteiger partial charge in [-0.25, -0.2) is 0 Å². The van der Waals surface area contributed by atoms with E-state index in [0.717, 1.165) is 23.9 Å². The van der Waals surface area contributed by atoms with Crippen LogP contribution in [0.3, 0.4) is 0 Å². The third kappa shape index (κ3) is 3.16. The van der Waals surface area contributed by atoms with Gasteiger partial charge in [-0.2, -0.15) is 0 Å². The lowest BCUT2D eigenvalue weighted by atomic mass is 9.80. The second kappa shape index (κ2) is 6.58. The van der Waals surface area contributed by atoms with Gasteiger partial charge in [-0.15, -0.1) is 0 Å². The molecule has 4 unspecified atom stereocenters. The van der Waals surface area contributed by atoms with E-state index in [1.165, 1.54) is 77.4 Å². The third-order valence-electron chi connectivity index (χ3n) is 6.02. The van der Waals surface area contributed by atoms with E-state index in [1.807, 2.05) is 0 Å². The summed E-state index contributed by atoms with van der Waals surface area (Å²) in [6.07, 6.45) is 13.1. The maximum atomic E-state index is 3.75. The van der Waals surface area contributed by atoms with Crippen molar-refractivity contribution in [3.05, 3.63) is 0 Å². The molecule has 0 aromatic carbocycles. The molecule has 1 aliphatic carbocycles. The maximum Gasteiger partial charge on any atom is 0.0123 e. The lowest BCUT2D eigenvalue weighted by molar-refractivity contribution is 0.0519. The zero-order chi connectivity index (χ0) is 13.1. The average molecular weight is 264 g/mol. The predicted octanol–water partition coefficient (Wildman–Crippen LogP) is 3.42. The first-order valence-corrected chi connectivity index (χ1v) is 8.86. The SMILES string of the molecule is CCC1CCCCC1N1CCCC(C2CCCN2)C1. The second-order valence-corrected chi connectivity index (χ2v) is 7.12. The van der Waals surface area contributed by atoms with Crippen LogP contribution >= 0.6 is 0 Å². The Balaban J connectivity index is 1.60. The van der Waals surface area contributed by atoms with Gasteiger partial charge in [0.05, 0.1) is 0 Å². The highest BCUT2D eigenvalue weighted by molar-refractivity contribution is 4.90. The zero-order valence-corrected chi connectivity index (χ0v) is 12.7. The Morgan fingerprint density at radius 2 is 1.89 bits per heavy atom. The number of hydrogen-bond donors (Lipinski definition) is 1. The molecule has 0 amide bonds. The summed E-state index contributed by atoms with van der Waals surface area (Å²) in [5.41, 5.74) is 0. The lowest BCUT2D eigenvalue weighted by Gasteiger charge is -2.45. The molecule has 0 aromatic rings. The van der Waals surface area contributed by atoms with Crippen LogP contribution < -0.4 is 5.32 Å². The molecular formula is C17H32N2. The van der Waals surface area contributed by atoms with Crippen molar-refractivity contribution in [3.63, 3.8) is 0 Å². The van der Waals surface area contributed by atoms with Crippen LogP contribution in [0.25, 0.3) is 0 Å². The van der Waals surface area contributed by atoms with Gasteiger partial charge in [0.2, 0.25) is 0 Å². The normalized spacial score (nSPS) is 41.5. The van der Waals surface area contributed by atoms with E-state index in [-0.39, 0.29) is 0 Å². The molecule has 0 spiro atoms.